The lowest BCUT2D eigenvalue weighted by molar-refractivity contribution is 0.00233. The summed E-state index contributed by atoms with van der Waals surface area (Å²) < 4.78 is 0. The third-order valence-corrected chi connectivity index (χ3v) is 13.7. The molecular weight excluding hydrogens is 347 g/mol. The molecule has 1 nitrogen and oxygen atoms in total. The van der Waals surface area contributed by atoms with E-state index in [1.165, 1.54) is 89.6 Å². The largest absolute Gasteiger partial charge is 0.392 e. The summed E-state index contributed by atoms with van der Waals surface area (Å²) in [6.45, 7) is 7.60. The van der Waals surface area contributed by atoms with Crippen LogP contribution in [0.4, 0.5) is 0 Å². The molecule has 2 aliphatic carbocycles. The van der Waals surface area contributed by atoms with E-state index < -0.39 is 0 Å². The average Bonchev–Trinajstić information content (AvgIpc) is 2.65. The van der Waals surface area contributed by atoms with Gasteiger partial charge in [0.1, 0.15) is 0 Å². The maximum Gasteiger partial charge on any atom is 0.0613 e. The molecule has 8 atom stereocenters. The standard InChI is InChI=1S/C25H45OP/c1-4-5-6-7-10-19-12-13-21-23-22(26)17-20-11-8-9-14-25(20,3)27(23)16-15-24(21,2)18-19/h19-23,26H,4-18H2,1-3H3. The minimum Gasteiger partial charge on any atom is -0.392 e. The second-order valence-electron chi connectivity index (χ2n) is 11.3. The number of fused-ring (bicyclic) bond motifs is 5. The van der Waals surface area contributed by atoms with E-state index in [-0.39, 0.29) is 14.0 Å². The predicted molar refractivity (Wildman–Crippen MR) is 119 cm³/mol. The second-order valence-corrected chi connectivity index (χ2v) is 14.3. The Labute approximate surface area is 170 Å². The van der Waals surface area contributed by atoms with Crippen LogP contribution in [0.15, 0.2) is 0 Å². The molecule has 4 fully saturated rings. The molecule has 0 aromatic heterocycles. The summed E-state index contributed by atoms with van der Waals surface area (Å²) in [5.41, 5.74) is 1.22. The maximum absolute atomic E-state index is 11.3. The molecule has 0 spiro atoms. The summed E-state index contributed by atoms with van der Waals surface area (Å²) in [7, 11) is 0.0193. The van der Waals surface area contributed by atoms with Crippen LogP contribution in [0.25, 0.3) is 0 Å². The van der Waals surface area contributed by atoms with Gasteiger partial charge < -0.3 is 5.11 Å². The zero-order chi connectivity index (χ0) is 19.1. The van der Waals surface area contributed by atoms with Gasteiger partial charge in [0.25, 0.3) is 0 Å². The highest BCUT2D eigenvalue weighted by Crippen LogP contribution is 2.73. The van der Waals surface area contributed by atoms with E-state index in [1.807, 2.05) is 0 Å². The highest BCUT2D eigenvalue weighted by molar-refractivity contribution is 7.60. The van der Waals surface area contributed by atoms with Crippen LogP contribution in [0.3, 0.4) is 0 Å². The molecule has 27 heavy (non-hydrogen) atoms. The van der Waals surface area contributed by atoms with Gasteiger partial charge >= 0.3 is 0 Å². The number of rotatable bonds is 5. The van der Waals surface area contributed by atoms with Crippen LogP contribution in [0.2, 0.25) is 0 Å². The van der Waals surface area contributed by atoms with Gasteiger partial charge in [-0.1, -0.05) is 80.1 Å². The van der Waals surface area contributed by atoms with Crippen molar-refractivity contribution in [3.63, 3.8) is 0 Å². The van der Waals surface area contributed by atoms with Crippen molar-refractivity contribution >= 4 is 7.92 Å². The molecule has 0 aromatic rings. The van der Waals surface area contributed by atoms with Crippen molar-refractivity contribution in [2.45, 2.75) is 128 Å². The van der Waals surface area contributed by atoms with Gasteiger partial charge in [0, 0.05) is 5.66 Å². The molecule has 156 valence electrons. The third-order valence-electron chi connectivity index (χ3n) is 9.64. The fourth-order valence-electron chi connectivity index (χ4n) is 8.04. The van der Waals surface area contributed by atoms with Crippen LogP contribution in [-0.2, 0) is 0 Å². The summed E-state index contributed by atoms with van der Waals surface area (Å²) in [5.74, 6) is 2.65. The minimum absolute atomic E-state index is 0.0193. The lowest BCUT2D eigenvalue weighted by Gasteiger charge is -2.64. The summed E-state index contributed by atoms with van der Waals surface area (Å²) in [6.07, 6.45) is 21.4. The van der Waals surface area contributed by atoms with E-state index in [1.54, 1.807) is 0 Å². The molecule has 2 heteroatoms. The SMILES string of the molecule is CCCCCCC1CCC2C3C(O)CC4CCCCC4(C)P3CCC2(C)C1. The number of unbranched alkanes of at least 4 members (excludes halogenated alkanes) is 3. The highest BCUT2D eigenvalue weighted by atomic mass is 31.1. The van der Waals surface area contributed by atoms with Gasteiger partial charge in [0.2, 0.25) is 0 Å². The van der Waals surface area contributed by atoms with Gasteiger partial charge in [-0.3, -0.25) is 0 Å². The Morgan fingerprint density at radius 3 is 2.67 bits per heavy atom. The molecule has 1 N–H and O–H groups in total. The second kappa shape index (κ2) is 8.26. The molecular formula is C25H45OP. The van der Waals surface area contributed by atoms with Gasteiger partial charge in [-0.15, -0.1) is 0 Å². The summed E-state index contributed by atoms with van der Waals surface area (Å²) >= 11 is 0. The molecule has 0 bridgehead atoms. The average molecular weight is 393 g/mol. The van der Waals surface area contributed by atoms with Crippen molar-refractivity contribution in [3.8, 4) is 0 Å². The van der Waals surface area contributed by atoms with Crippen LogP contribution >= 0.6 is 7.92 Å². The highest BCUT2D eigenvalue weighted by Gasteiger charge is 2.59. The topological polar surface area (TPSA) is 20.2 Å². The third kappa shape index (κ3) is 3.79. The first-order chi connectivity index (χ1) is 13.0. The van der Waals surface area contributed by atoms with Crippen molar-refractivity contribution in [3.05, 3.63) is 0 Å². The number of hydrogen-bond donors (Lipinski definition) is 1. The van der Waals surface area contributed by atoms with Crippen molar-refractivity contribution in [2.75, 3.05) is 6.16 Å². The Kier molecular flexibility index (Phi) is 6.32. The van der Waals surface area contributed by atoms with Gasteiger partial charge in [-0.05, 0) is 73.0 Å². The molecule has 2 aliphatic heterocycles. The van der Waals surface area contributed by atoms with E-state index in [9.17, 15) is 5.11 Å². The Bertz CT molecular complexity index is 507. The molecule has 2 saturated heterocycles. The van der Waals surface area contributed by atoms with Gasteiger partial charge in [-0.2, -0.15) is 0 Å². The van der Waals surface area contributed by atoms with Gasteiger partial charge in [0.05, 0.1) is 6.10 Å². The fraction of sp³-hybridized carbons (Fsp3) is 1.00. The first kappa shape index (κ1) is 20.7. The summed E-state index contributed by atoms with van der Waals surface area (Å²) in [6, 6.07) is 0. The molecule has 2 heterocycles. The van der Waals surface area contributed by atoms with E-state index in [0.717, 1.165) is 24.2 Å². The van der Waals surface area contributed by atoms with Crippen LogP contribution < -0.4 is 0 Å². The van der Waals surface area contributed by atoms with Gasteiger partial charge in [0.15, 0.2) is 0 Å². The van der Waals surface area contributed by atoms with Crippen LogP contribution in [0.5, 0.6) is 0 Å². The summed E-state index contributed by atoms with van der Waals surface area (Å²) in [5, 5.41) is 11.9. The molecule has 4 rings (SSSR count). The van der Waals surface area contributed by atoms with Crippen molar-refractivity contribution in [1.82, 2.24) is 0 Å². The maximum atomic E-state index is 11.3. The quantitative estimate of drug-likeness (QED) is 0.383. The van der Waals surface area contributed by atoms with Crippen LogP contribution in [-0.4, -0.2) is 28.2 Å². The normalized spacial score (nSPS) is 49.8. The zero-order valence-corrected chi connectivity index (χ0v) is 19.3. The van der Waals surface area contributed by atoms with E-state index in [2.05, 4.69) is 20.8 Å². The van der Waals surface area contributed by atoms with E-state index in [0.29, 0.717) is 16.2 Å². The zero-order valence-electron chi connectivity index (χ0n) is 18.4. The molecule has 2 saturated carbocycles. The molecule has 0 aromatic carbocycles. The fourth-order valence-corrected chi connectivity index (χ4v) is 12.9. The Balaban J connectivity index is 1.46. The Morgan fingerprint density at radius 1 is 1.00 bits per heavy atom. The molecule has 4 aliphatic rings. The smallest absolute Gasteiger partial charge is 0.0613 e. The van der Waals surface area contributed by atoms with Crippen molar-refractivity contribution in [1.29, 1.82) is 0 Å². The Hall–Kier alpha value is 0.390. The van der Waals surface area contributed by atoms with Crippen LogP contribution in [0, 0.1) is 23.2 Å². The number of aliphatic hydroxyl groups is 1. The number of hydrogen-bond acceptors (Lipinski definition) is 1. The molecule has 8 unspecified atom stereocenters. The monoisotopic (exact) mass is 392 g/mol. The first-order valence-corrected chi connectivity index (χ1v) is 14.0. The van der Waals surface area contributed by atoms with E-state index >= 15 is 0 Å². The minimum atomic E-state index is 0.0193. The first-order valence-electron chi connectivity index (χ1n) is 12.4. The predicted octanol–water partition coefficient (Wildman–Crippen LogP) is 7.35. The Morgan fingerprint density at radius 2 is 1.85 bits per heavy atom. The molecule has 0 amide bonds. The summed E-state index contributed by atoms with van der Waals surface area (Å²) in [4.78, 5) is 0. The van der Waals surface area contributed by atoms with Crippen LogP contribution in [0.1, 0.15) is 111 Å². The lowest BCUT2D eigenvalue weighted by atomic mass is 9.59. The van der Waals surface area contributed by atoms with Crippen molar-refractivity contribution in [2.24, 2.45) is 23.2 Å². The van der Waals surface area contributed by atoms with E-state index in [4.69, 9.17) is 0 Å². The lowest BCUT2D eigenvalue weighted by Crippen LogP contribution is -2.57. The number of aliphatic hydroxyl groups excluding tert-OH is 1. The molecule has 0 radical (unpaired) electrons. The van der Waals surface area contributed by atoms with Crippen molar-refractivity contribution < 1.29 is 5.11 Å². The van der Waals surface area contributed by atoms with Gasteiger partial charge in [-0.25, -0.2) is 0 Å².